The van der Waals surface area contributed by atoms with Crippen LogP contribution in [0.5, 0.6) is 0 Å². The van der Waals surface area contributed by atoms with Crippen LogP contribution < -0.4 is 5.32 Å². The molecule has 0 aromatic heterocycles. The molecule has 0 aliphatic carbocycles. The summed E-state index contributed by atoms with van der Waals surface area (Å²) in [5.41, 5.74) is 0.298. The Hall–Kier alpha value is -1.27. The third-order valence-corrected chi connectivity index (χ3v) is 5.69. The summed E-state index contributed by atoms with van der Waals surface area (Å²) in [6.45, 7) is 9.32. The van der Waals surface area contributed by atoms with Gasteiger partial charge < -0.3 is 15.3 Å². The molecule has 4 nitrogen and oxygen atoms in total. The Morgan fingerprint density at radius 2 is 2.21 bits per heavy atom. The van der Waals surface area contributed by atoms with Gasteiger partial charge in [0, 0.05) is 36.2 Å². The van der Waals surface area contributed by atoms with Gasteiger partial charge in [0.15, 0.2) is 5.96 Å². The van der Waals surface area contributed by atoms with Gasteiger partial charge in [0.2, 0.25) is 0 Å². The minimum atomic E-state index is -0.931. The van der Waals surface area contributed by atoms with E-state index < -0.39 is 6.10 Å². The number of halogens is 1. The molecular formula is C18H28FN3OS. The number of nitrogens with one attached hydrogen (secondary N) is 1. The minimum absolute atomic E-state index is 0.152. The second-order valence-corrected chi connectivity index (χ2v) is 7.68. The summed E-state index contributed by atoms with van der Waals surface area (Å²) in [4.78, 5) is 6.80. The molecule has 0 amide bonds. The van der Waals surface area contributed by atoms with E-state index in [0.717, 1.165) is 31.3 Å². The van der Waals surface area contributed by atoms with Crippen LogP contribution in [0.4, 0.5) is 4.39 Å². The fraction of sp³-hybridized carbons (Fsp3) is 0.611. The van der Waals surface area contributed by atoms with E-state index in [1.54, 1.807) is 18.2 Å². The number of nitrogens with zero attached hydrogens (tertiary/aromatic N) is 2. The predicted octanol–water partition coefficient (Wildman–Crippen LogP) is 2.90. The van der Waals surface area contributed by atoms with E-state index in [0.29, 0.717) is 16.7 Å². The zero-order valence-electron chi connectivity index (χ0n) is 14.7. The van der Waals surface area contributed by atoms with Crippen molar-refractivity contribution in [2.45, 2.75) is 32.1 Å². The molecule has 0 bridgehead atoms. The first kappa shape index (κ1) is 19.1. The number of aliphatic hydroxyl groups is 1. The summed E-state index contributed by atoms with van der Waals surface area (Å²) in [6.07, 6.45) is -0.931. The van der Waals surface area contributed by atoms with E-state index in [1.807, 2.05) is 18.7 Å². The topological polar surface area (TPSA) is 47.9 Å². The lowest BCUT2D eigenvalue weighted by atomic mass is 10.1. The zero-order chi connectivity index (χ0) is 17.5. The summed E-state index contributed by atoms with van der Waals surface area (Å²) in [5, 5.41) is 14.1. The summed E-state index contributed by atoms with van der Waals surface area (Å²) >= 11 is 2.01. The van der Waals surface area contributed by atoms with E-state index >= 15 is 0 Å². The molecular weight excluding hydrogens is 325 g/mol. The minimum Gasteiger partial charge on any atom is -0.386 e. The molecule has 1 heterocycles. The third kappa shape index (κ3) is 5.11. The number of hydrogen-bond acceptors (Lipinski definition) is 3. The van der Waals surface area contributed by atoms with Crippen molar-refractivity contribution >= 4 is 17.7 Å². The Kier molecular flexibility index (Phi) is 7.37. The highest BCUT2D eigenvalue weighted by Crippen LogP contribution is 2.25. The van der Waals surface area contributed by atoms with Crippen LogP contribution in [0.3, 0.4) is 0 Å². The monoisotopic (exact) mass is 353 g/mol. The van der Waals surface area contributed by atoms with Gasteiger partial charge in [-0.25, -0.2) is 4.39 Å². The van der Waals surface area contributed by atoms with Crippen molar-refractivity contribution in [3.63, 3.8) is 0 Å². The second kappa shape index (κ2) is 9.28. The summed E-state index contributed by atoms with van der Waals surface area (Å²) in [7, 11) is 0. The number of rotatable bonds is 5. The Labute approximate surface area is 148 Å². The maximum Gasteiger partial charge on any atom is 0.194 e. The lowest BCUT2D eigenvalue weighted by Gasteiger charge is -2.36. The van der Waals surface area contributed by atoms with Gasteiger partial charge in [0.25, 0.3) is 0 Å². The van der Waals surface area contributed by atoms with Gasteiger partial charge >= 0.3 is 0 Å². The van der Waals surface area contributed by atoms with E-state index in [2.05, 4.69) is 29.1 Å². The number of hydrogen-bond donors (Lipinski definition) is 2. The van der Waals surface area contributed by atoms with Gasteiger partial charge in [-0.3, -0.25) is 4.99 Å². The molecule has 24 heavy (non-hydrogen) atoms. The Bertz CT molecular complexity index is 553. The Balaban J connectivity index is 2.06. The van der Waals surface area contributed by atoms with Crippen molar-refractivity contribution in [2.75, 3.05) is 31.9 Å². The van der Waals surface area contributed by atoms with Crippen molar-refractivity contribution < 1.29 is 9.50 Å². The quantitative estimate of drug-likeness (QED) is 0.631. The summed E-state index contributed by atoms with van der Waals surface area (Å²) in [6, 6.07) is 6.32. The van der Waals surface area contributed by atoms with E-state index in [1.165, 1.54) is 6.07 Å². The maximum atomic E-state index is 13.8. The molecule has 2 atom stereocenters. The predicted molar refractivity (Wildman–Crippen MR) is 100.0 cm³/mol. The molecule has 1 aromatic rings. The van der Waals surface area contributed by atoms with Crippen LogP contribution in [-0.4, -0.2) is 53.1 Å². The average Bonchev–Trinajstić information content (AvgIpc) is 2.58. The van der Waals surface area contributed by atoms with E-state index in [9.17, 15) is 9.50 Å². The number of guanidine groups is 1. The lowest BCUT2D eigenvalue weighted by Crippen LogP contribution is -2.49. The molecule has 1 aliphatic heterocycles. The first-order chi connectivity index (χ1) is 11.5. The highest BCUT2D eigenvalue weighted by atomic mass is 32.2. The standard InChI is InChI=1S/C18H28FN3OS/c1-4-20-18(22-9-10-24-17(12-22)13(2)3)21-11-16(23)14-7-5-6-8-15(14)19/h5-8,13,16-17,23H,4,9-12H2,1-3H3,(H,20,21). The van der Waals surface area contributed by atoms with Gasteiger partial charge in [-0.05, 0) is 18.9 Å². The van der Waals surface area contributed by atoms with Crippen molar-refractivity contribution in [1.82, 2.24) is 10.2 Å². The number of aliphatic imine (C=N–C) groups is 1. The fourth-order valence-electron chi connectivity index (χ4n) is 2.71. The Morgan fingerprint density at radius 1 is 1.46 bits per heavy atom. The highest BCUT2D eigenvalue weighted by Gasteiger charge is 2.25. The number of aliphatic hydroxyl groups excluding tert-OH is 1. The zero-order valence-corrected chi connectivity index (χ0v) is 15.5. The third-order valence-electron chi connectivity index (χ3n) is 4.15. The first-order valence-corrected chi connectivity index (χ1v) is 9.65. The number of benzene rings is 1. The van der Waals surface area contributed by atoms with Crippen LogP contribution >= 0.6 is 11.8 Å². The van der Waals surface area contributed by atoms with Crippen LogP contribution in [-0.2, 0) is 0 Å². The lowest BCUT2D eigenvalue weighted by molar-refractivity contribution is 0.181. The van der Waals surface area contributed by atoms with Crippen molar-refractivity contribution in [3.05, 3.63) is 35.6 Å². The highest BCUT2D eigenvalue weighted by molar-refractivity contribution is 8.00. The molecule has 2 rings (SSSR count). The van der Waals surface area contributed by atoms with Gasteiger partial charge in [-0.1, -0.05) is 32.0 Å². The van der Waals surface area contributed by atoms with Crippen LogP contribution in [0.1, 0.15) is 32.4 Å². The van der Waals surface area contributed by atoms with Crippen molar-refractivity contribution in [1.29, 1.82) is 0 Å². The summed E-state index contributed by atoms with van der Waals surface area (Å²) in [5.74, 6) is 2.10. The van der Waals surface area contributed by atoms with Gasteiger partial charge in [-0.15, -0.1) is 0 Å². The summed E-state index contributed by atoms with van der Waals surface area (Å²) < 4.78 is 13.8. The van der Waals surface area contributed by atoms with Crippen LogP contribution in [0.15, 0.2) is 29.3 Å². The molecule has 6 heteroatoms. The van der Waals surface area contributed by atoms with E-state index in [-0.39, 0.29) is 12.4 Å². The van der Waals surface area contributed by atoms with Crippen molar-refractivity contribution in [2.24, 2.45) is 10.9 Å². The van der Waals surface area contributed by atoms with Crippen LogP contribution in [0.25, 0.3) is 0 Å². The molecule has 1 aromatic carbocycles. The molecule has 2 unspecified atom stereocenters. The maximum absolute atomic E-state index is 13.8. The molecule has 0 radical (unpaired) electrons. The molecule has 1 fully saturated rings. The van der Waals surface area contributed by atoms with Gasteiger partial charge in [0.05, 0.1) is 6.54 Å². The van der Waals surface area contributed by atoms with E-state index in [4.69, 9.17) is 0 Å². The first-order valence-electron chi connectivity index (χ1n) is 8.60. The van der Waals surface area contributed by atoms with Crippen molar-refractivity contribution in [3.8, 4) is 0 Å². The fourth-order valence-corrected chi connectivity index (χ4v) is 4.01. The second-order valence-electron chi connectivity index (χ2n) is 6.33. The molecule has 2 N–H and O–H groups in total. The molecule has 134 valence electrons. The largest absolute Gasteiger partial charge is 0.386 e. The van der Waals surface area contributed by atoms with Crippen LogP contribution in [0, 0.1) is 11.7 Å². The number of thioether (sulfide) groups is 1. The average molecular weight is 354 g/mol. The van der Waals surface area contributed by atoms with Crippen LogP contribution in [0.2, 0.25) is 0 Å². The normalized spacial score (nSPS) is 20.3. The molecule has 1 aliphatic rings. The van der Waals surface area contributed by atoms with Gasteiger partial charge in [-0.2, -0.15) is 11.8 Å². The van der Waals surface area contributed by atoms with Gasteiger partial charge in [0.1, 0.15) is 11.9 Å². The Morgan fingerprint density at radius 3 is 2.88 bits per heavy atom. The molecule has 1 saturated heterocycles. The SMILES string of the molecule is CCNC(=NCC(O)c1ccccc1F)N1CCSC(C(C)C)C1. The molecule has 0 saturated carbocycles. The smallest absolute Gasteiger partial charge is 0.194 e. The molecule has 0 spiro atoms.